The molecule has 1 aliphatic heterocycles. The van der Waals surface area contributed by atoms with Crippen LogP contribution in [0.25, 0.3) is 0 Å². The standard InChI is InChI=1S/C14H13BrClNOS/c15-13-2-1-12(19-13)11(17)7-9-6-10(16)5-8-3-4-18-14(8)9/h1-2,5-6,11H,3-4,7,17H2. The molecule has 0 spiro atoms. The Bertz CT molecular complexity index is 613. The van der Waals surface area contributed by atoms with E-state index in [9.17, 15) is 0 Å². The molecule has 3 rings (SSSR count). The number of fused-ring (bicyclic) bond motifs is 1. The van der Waals surface area contributed by atoms with Crippen molar-refractivity contribution in [3.63, 3.8) is 0 Å². The van der Waals surface area contributed by atoms with Gasteiger partial charge in [-0.3, -0.25) is 0 Å². The fourth-order valence-electron chi connectivity index (χ4n) is 2.36. The fourth-order valence-corrected chi connectivity index (χ4v) is 4.05. The van der Waals surface area contributed by atoms with Gasteiger partial charge in [-0.1, -0.05) is 11.6 Å². The van der Waals surface area contributed by atoms with Gasteiger partial charge in [0.1, 0.15) is 5.75 Å². The molecule has 2 nitrogen and oxygen atoms in total. The average molecular weight is 359 g/mol. The SMILES string of the molecule is NC(Cc1cc(Cl)cc2c1OCC2)c1ccc(Br)s1. The molecule has 0 fully saturated rings. The van der Waals surface area contributed by atoms with Crippen LogP contribution in [0.1, 0.15) is 22.0 Å². The molecule has 0 amide bonds. The van der Waals surface area contributed by atoms with Crippen LogP contribution >= 0.6 is 38.9 Å². The lowest BCUT2D eigenvalue weighted by molar-refractivity contribution is 0.352. The predicted molar refractivity (Wildman–Crippen MR) is 83.3 cm³/mol. The van der Waals surface area contributed by atoms with E-state index in [1.807, 2.05) is 18.2 Å². The minimum atomic E-state index is -0.0249. The normalized spacial score (nSPS) is 15.1. The van der Waals surface area contributed by atoms with Gasteiger partial charge >= 0.3 is 0 Å². The summed E-state index contributed by atoms with van der Waals surface area (Å²) in [5.74, 6) is 0.982. The highest BCUT2D eigenvalue weighted by Gasteiger charge is 2.20. The highest BCUT2D eigenvalue weighted by molar-refractivity contribution is 9.11. The Morgan fingerprint density at radius 2 is 2.26 bits per heavy atom. The lowest BCUT2D eigenvalue weighted by Crippen LogP contribution is -2.12. The topological polar surface area (TPSA) is 35.2 Å². The molecule has 0 radical (unpaired) electrons. The molecule has 1 atom stereocenters. The van der Waals surface area contributed by atoms with Crippen LogP contribution in [0.2, 0.25) is 5.02 Å². The van der Waals surface area contributed by atoms with Crippen LogP contribution < -0.4 is 10.5 Å². The molecule has 1 unspecified atom stereocenters. The largest absolute Gasteiger partial charge is 0.493 e. The molecule has 5 heteroatoms. The number of hydrogen-bond donors (Lipinski definition) is 1. The van der Waals surface area contributed by atoms with Crippen molar-refractivity contribution >= 4 is 38.9 Å². The van der Waals surface area contributed by atoms with Crippen molar-refractivity contribution in [2.75, 3.05) is 6.61 Å². The third kappa shape index (κ3) is 2.82. The minimum absolute atomic E-state index is 0.0249. The highest BCUT2D eigenvalue weighted by Crippen LogP contribution is 2.36. The summed E-state index contributed by atoms with van der Waals surface area (Å²) in [6.07, 6.45) is 1.68. The zero-order chi connectivity index (χ0) is 13.4. The van der Waals surface area contributed by atoms with Gasteiger partial charge in [0, 0.05) is 22.4 Å². The van der Waals surface area contributed by atoms with Gasteiger partial charge in [-0.2, -0.15) is 0 Å². The molecule has 1 aromatic carbocycles. The van der Waals surface area contributed by atoms with Crippen LogP contribution in [0, 0.1) is 0 Å². The first-order chi connectivity index (χ1) is 9.13. The molecule has 100 valence electrons. The van der Waals surface area contributed by atoms with Crippen LogP contribution in [0.3, 0.4) is 0 Å². The van der Waals surface area contributed by atoms with Gasteiger partial charge in [0.15, 0.2) is 0 Å². The van der Waals surface area contributed by atoms with Crippen LogP contribution in [-0.2, 0) is 12.8 Å². The Hall–Kier alpha value is -0.550. The molecule has 2 heterocycles. The summed E-state index contributed by atoms with van der Waals surface area (Å²) in [6, 6.07) is 8.02. The third-order valence-corrected chi connectivity index (χ3v) is 5.20. The number of thiophene rings is 1. The number of ether oxygens (including phenoxy) is 1. The number of hydrogen-bond acceptors (Lipinski definition) is 3. The molecule has 0 bridgehead atoms. The molecule has 0 saturated heterocycles. The molecule has 0 aliphatic carbocycles. The Kier molecular flexibility index (Phi) is 3.85. The quantitative estimate of drug-likeness (QED) is 0.885. The maximum absolute atomic E-state index is 6.28. The maximum atomic E-state index is 6.28. The van der Waals surface area contributed by atoms with Crippen LogP contribution in [0.4, 0.5) is 0 Å². The first kappa shape index (κ1) is 13.4. The Morgan fingerprint density at radius 3 is 3.00 bits per heavy atom. The maximum Gasteiger partial charge on any atom is 0.125 e. The first-order valence-corrected chi connectivity index (χ1v) is 8.07. The lowest BCUT2D eigenvalue weighted by atomic mass is 10.0. The fraction of sp³-hybridized carbons (Fsp3) is 0.286. The lowest BCUT2D eigenvalue weighted by Gasteiger charge is -2.13. The molecule has 2 aromatic rings. The zero-order valence-electron chi connectivity index (χ0n) is 10.2. The van der Waals surface area contributed by atoms with E-state index >= 15 is 0 Å². The van der Waals surface area contributed by atoms with Gasteiger partial charge in [-0.15, -0.1) is 11.3 Å². The summed E-state index contributed by atoms with van der Waals surface area (Å²) >= 11 is 11.3. The summed E-state index contributed by atoms with van der Waals surface area (Å²) < 4.78 is 6.81. The van der Waals surface area contributed by atoms with Crippen molar-refractivity contribution in [1.82, 2.24) is 0 Å². The second-order valence-electron chi connectivity index (χ2n) is 4.60. The van der Waals surface area contributed by atoms with Gasteiger partial charge in [0.2, 0.25) is 0 Å². The van der Waals surface area contributed by atoms with E-state index in [0.717, 1.165) is 39.6 Å². The molecule has 1 aromatic heterocycles. The van der Waals surface area contributed by atoms with Crippen LogP contribution in [0.5, 0.6) is 5.75 Å². The molecule has 1 aliphatic rings. The van der Waals surface area contributed by atoms with Crippen molar-refractivity contribution in [3.05, 3.63) is 49.1 Å². The van der Waals surface area contributed by atoms with Crippen molar-refractivity contribution in [2.24, 2.45) is 5.73 Å². The van der Waals surface area contributed by atoms with Gasteiger partial charge in [-0.05, 0) is 57.7 Å². The smallest absolute Gasteiger partial charge is 0.125 e. The van der Waals surface area contributed by atoms with Crippen molar-refractivity contribution in [1.29, 1.82) is 0 Å². The Labute approximate surface area is 129 Å². The summed E-state index contributed by atoms with van der Waals surface area (Å²) in [7, 11) is 0. The second-order valence-corrected chi connectivity index (χ2v) is 7.54. The molecular formula is C14H13BrClNOS. The van der Waals surface area contributed by atoms with E-state index in [2.05, 4.69) is 22.0 Å². The Morgan fingerprint density at radius 1 is 1.42 bits per heavy atom. The van der Waals surface area contributed by atoms with Gasteiger partial charge in [0.25, 0.3) is 0 Å². The van der Waals surface area contributed by atoms with Gasteiger partial charge < -0.3 is 10.5 Å². The van der Waals surface area contributed by atoms with E-state index in [1.165, 1.54) is 10.4 Å². The number of nitrogens with two attached hydrogens (primary N) is 1. The highest BCUT2D eigenvalue weighted by atomic mass is 79.9. The van der Waals surface area contributed by atoms with Crippen LogP contribution in [0.15, 0.2) is 28.1 Å². The molecule has 2 N–H and O–H groups in total. The van der Waals surface area contributed by atoms with Crippen molar-refractivity contribution < 1.29 is 4.74 Å². The third-order valence-electron chi connectivity index (χ3n) is 3.22. The molecule has 0 saturated carbocycles. The second kappa shape index (κ2) is 5.44. The van der Waals surface area contributed by atoms with Crippen molar-refractivity contribution in [2.45, 2.75) is 18.9 Å². The van der Waals surface area contributed by atoms with E-state index in [0.29, 0.717) is 0 Å². The minimum Gasteiger partial charge on any atom is -0.493 e. The summed E-state index contributed by atoms with van der Waals surface area (Å²) in [5, 5.41) is 0.763. The zero-order valence-corrected chi connectivity index (χ0v) is 13.3. The van der Waals surface area contributed by atoms with Gasteiger partial charge in [-0.25, -0.2) is 0 Å². The predicted octanol–water partition coefficient (Wildman–Crippen LogP) is 4.34. The van der Waals surface area contributed by atoms with E-state index in [-0.39, 0.29) is 6.04 Å². The number of rotatable bonds is 3. The summed E-state index contributed by atoms with van der Waals surface area (Å²) in [4.78, 5) is 1.17. The summed E-state index contributed by atoms with van der Waals surface area (Å²) in [5.41, 5.74) is 8.58. The van der Waals surface area contributed by atoms with E-state index < -0.39 is 0 Å². The molecule has 19 heavy (non-hydrogen) atoms. The van der Waals surface area contributed by atoms with Crippen LogP contribution in [-0.4, -0.2) is 6.61 Å². The summed E-state index contributed by atoms with van der Waals surface area (Å²) in [6.45, 7) is 0.739. The van der Waals surface area contributed by atoms with Crippen molar-refractivity contribution in [3.8, 4) is 5.75 Å². The van der Waals surface area contributed by atoms with E-state index in [1.54, 1.807) is 11.3 Å². The molecular weight excluding hydrogens is 346 g/mol. The van der Waals surface area contributed by atoms with Gasteiger partial charge in [0.05, 0.1) is 10.4 Å². The monoisotopic (exact) mass is 357 g/mol. The first-order valence-electron chi connectivity index (χ1n) is 6.08. The van der Waals surface area contributed by atoms with E-state index in [4.69, 9.17) is 22.1 Å². The average Bonchev–Trinajstić information content (AvgIpc) is 2.97. The number of halogens is 2. The Balaban J connectivity index is 1.87. The number of benzene rings is 1.